The molecule has 0 saturated carbocycles. The minimum absolute atomic E-state index is 0.0317. The maximum atomic E-state index is 12.9. The predicted molar refractivity (Wildman–Crippen MR) is 116 cm³/mol. The lowest BCUT2D eigenvalue weighted by molar-refractivity contribution is 0.102. The smallest absolute Gasteiger partial charge is 0.255 e. The molecule has 2 aromatic rings. The Balaban J connectivity index is 1.80. The van der Waals surface area contributed by atoms with Gasteiger partial charge in [0.25, 0.3) is 5.91 Å². The van der Waals surface area contributed by atoms with Gasteiger partial charge in [0.2, 0.25) is 10.0 Å². The summed E-state index contributed by atoms with van der Waals surface area (Å²) < 4.78 is 27.3. The number of benzene rings is 2. The third kappa shape index (κ3) is 4.89. The first-order chi connectivity index (χ1) is 13.4. The Bertz CT molecular complexity index is 940. The molecule has 2 aromatic carbocycles. The number of thioether (sulfide) groups is 1. The van der Waals surface area contributed by atoms with Crippen molar-refractivity contribution < 1.29 is 13.2 Å². The second-order valence-electron chi connectivity index (χ2n) is 6.69. The van der Waals surface area contributed by atoms with Crippen LogP contribution in [0.3, 0.4) is 0 Å². The van der Waals surface area contributed by atoms with E-state index in [2.05, 4.69) is 5.32 Å². The molecule has 0 bridgehead atoms. The van der Waals surface area contributed by atoms with Gasteiger partial charge in [-0.05, 0) is 55.0 Å². The highest BCUT2D eigenvalue weighted by atomic mass is 35.5. The standard InChI is InChI=1S/C20H23ClN2O3S2/c1-27-14-15-5-7-16(8-6-15)20(24)22-17-9-10-18(21)19(13-17)28(25,26)23-11-3-2-4-12-23/h5-10,13H,2-4,11-12,14H2,1H3,(H,22,24). The minimum atomic E-state index is -3.68. The Morgan fingerprint density at radius 2 is 1.79 bits per heavy atom. The lowest BCUT2D eigenvalue weighted by Gasteiger charge is -2.26. The van der Waals surface area contributed by atoms with E-state index in [1.807, 2.05) is 18.4 Å². The molecule has 0 aliphatic carbocycles. The van der Waals surface area contributed by atoms with Gasteiger partial charge in [-0.3, -0.25) is 4.79 Å². The molecule has 0 unspecified atom stereocenters. The maximum Gasteiger partial charge on any atom is 0.255 e. The third-order valence-electron chi connectivity index (χ3n) is 4.65. The number of anilines is 1. The number of hydrogen-bond acceptors (Lipinski definition) is 4. The number of halogens is 1. The average Bonchev–Trinajstić information content (AvgIpc) is 2.71. The van der Waals surface area contributed by atoms with Crippen LogP contribution in [0.1, 0.15) is 35.2 Å². The number of sulfonamides is 1. The van der Waals surface area contributed by atoms with Gasteiger partial charge in [0.05, 0.1) is 5.02 Å². The summed E-state index contributed by atoms with van der Waals surface area (Å²) in [6, 6.07) is 11.9. The molecule has 1 aliphatic heterocycles. The molecular weight excluding hydrogens is 416 g/mol. The van der Waals surface area contributed by atoms with Crippen molar-refractivity contribution >= 4 is 45.0 Å². The lowest BCUT2D eigenvalue weighted by Crippen LogP contribution is -2.35. The van der Waals surface area contributed by atoms with E-state index in [1.54, 1.807) is 30.0 Å². The number of hydrogen-bond donors (Lipinski definition) is 1. The van der Waals surface area contributed by atoms with Crippen LogP contribution in [0.15, 0.2) is 47.4 Å². The molecule has 0 aromatic heterocycles. The number of amides is 1. The first kappa shape index (κ1) is 21.2. The van der Waals surface area contributed by atoms with Gasteiger partial charge in [-0.1, -0.05) is 30.2 Å². The zero-order valence-electron chi connectivity index (χ0n) is 15.7. The summed E-state index contributed by atoms with van der Waals surface area (Å²) in [5, 5.41) is 2.92. The van der Waals surface area contributed by atoms with Crippen molar-refractivity contribution in [3.63, 3.8) is 0 Å². The number of piperidine rings is 1. The second-order valence-corrected chi connectivity index (χ2v) is 9.87. The molecule has 0 spiro atoms. The molecule has 8 heteroatoms. The predicted octanol–water partition coefficient (Wildman–Crippen LogP) is 4.63. The van der Waals surface area contributed by atoms with Crippen LogP contribution in [0, 0.1) is 0 Å². The number of carbonyl (C=O) groups is 1. The Morgan fingerprint density at radius 3 is 2.43 bits per heavy atom. The molecular formula is C20H23ClN2O3S2. The van der Waals surface area contributed by atoms with E-state index in [9.17, 15) is 13.2 Å². The Kier molecular flexibility index (Phi) is 7.04. The van der Waals surface area contributed by atoms with Crippen LogP contribution in [0.4, 0.5) is 5.69 Å². The van der Waals surface area contributed by atoms with Crippen LogP contribution in [0.5, 0.6) is 0 Å². The summed E-state index contributed by atoms with van der Waals surface area (Å²) in [7, 11) is -3.68. The van der Waals surface area contributed by atoms with Crippen molar-refractivity contribution in [3.8, 4) is 0 Å². The van der Waals surface area contributed by atoms with E-state index >= 15 is 0 Å². The van der Waals surface area contributed by atoms with Crippen molar-refractivity contribution in [2.45, 2.75) is 29.9 Å². The van der Waals surface area contributed by atoms with Crippen LogP contribution in [-0.2, 0) is 15.8 Å². The van der Waals surface area contributed by atoms with Gasteiger partial charge < -0.3 is 5.32 Å². The van der Waals surface area contributed by atoms with E-state index in [1.165, 1.54) is 16.4 Å². The molecule has 3 rings (SSSR count). The van der Waals surface area contributed by atoms with Crippen LogP contribution >= 0.6 is 23.4 Å². The monoisotopic (exact) mass is 438 g/mol. The van der Waals surface area contributed by atoms with Crippen LogP contribution < -0.4 is 5.32 Å². The van der Waals surface area contributed by atoms with Crippen molar-refractivity contribution in [1.82, 2.24) is 4.31 Å². The van der Waals surface area contributed by atoms with Gasteiger partial charge in [0.15, 0.2) is 0 Å². The van der Waals surface area contributed by atoms with Crippen molar-refractivity contribution in [2.24, 2.45) is 0 Å². The summed E-state index contributed by atoms with van der Waals surface area (Å²) in [4.78, 5) is 12.6. The Hall–Kier alpha value is -1.54. The van der Waals surface area contributed by atoms with Gasteiger partial charge in [0.1, 0.15) is 4.90 Å². The SMILES string of the molecule is CSCc1ccc(C(=O)Nc2ccc(Cl)c(S(=O)(=O)N3CCCCC3)c2)cc1. The highest BCUT2D eigenvalue weighted by Crippen LogP contribution is 2.29. The number of nitrogens with zero attached hydrogens (tertiary/aromatic N) is 1. The Morgan fingerprint density at radius 1 is 1.11 bits per heavy atom. The number of rotatable bonds is 6. The van der Waals surface area contributed by atoms with Crippen LogP contribution in [0.2, 0.25) is 5.02 Å². The summed E-state index contributed by atoms with van der Waals surface area (Å²) >= 11 is 7.89. The highest BCUT2D eigenvalue weighted by molar-refractivity contribution is 7.97. The van der Waals surface area contributed by atoms with E-state index in [4.69, 9.17) is 11.6 Å². The fourth-order valence-electron chi connectivity index (χ4n) is 3.15. The molecule has 1 N–H and O–H groups in total. The van der Waals surface area contributed by atoms with Crippen molar-refractivity contribution in [1.29, 1.82) is 0 Å². The van der Waals surface area contributed by atoms with Crippen molar-refractivity contribution in [2.75, 3.05) is 24.7 Å². The van der Waals surface area contributed by atoms with Crippen molar-refractivity contribution in [3.05, 3.63) is 58.6 Å². The highest BCUT2D eigenvalue weighted by Gasteiger charge is 2.28. The van der Waals surface area contributed by atoms with E-state index in [0.29, 0.717) is 24.3 Å². The first-order valence-corrected chi connectivity index (χ1v) is 12.3. The first-order valence-electron chi connectivity index (χ1n) is 9.11. The summed E-state index contributed by atoms with van der Waals surface area (Å²) in [6.07, 6.45) is 4.75. The van der Waals surface area contributed by atoms with Gasteiger partial charge in [0, 0.05) is 30.1 Å². The molecule has 150 valence electrons. The molecule has 1 fully saturated rings. The Labute approximate surface area is 175 Å². The molecule has 1 amide bonds. The van der Waals surface area contributed by atoms with E-state index in [-0.39, 0.29) is 15.8 Å². The second kappa shape index (κ2) is 9.31. The summed E-state index contributed by atoms with van der Waals surface area (Å²) in [6.45, 7) is 0.995. The zero-order valence-corrected chi connectivity index (χ0v) is 18.0. The minimum Gasteiger partial charge on any atom is -0.322 e. The van der Waals surface area contributed by atoms with E-state index < -0.39 is 10.0 Å². The van der Waals surface area contributed by atoms with Crippen LogP contribution in [-0.4, -0.2) is 38.0 Å². The molecule has 1 heterocycles. The largest absolute Gasteiger partial charge is 0.322 e. The lowest BCUT2D eigenvalue weighted by atomic mass is 10.1. The van der Waals surface area contributed by atoms with E-state index in [0.717, 1.165) is 30.6 Å². The number of carbonyl (C=O) groups excluding carboxylic acids is 1. The third-order valence-corrected chi connectivity index (χ3v) is 7.65. The zero-order chi connectivity index (χ0) is 20.1. The van der Waals surface area contributed by atoms with Crippen LogP contribution in [0.25, 0.3) is 0 Å². The maximum absolute atomic E-state index is 12.9. The molecule has 0 radical (unpaired) electrons. The average molecular weight is 439 g/mol. The fraction of sp³-hybridized carbons (Fsp3) is 0.350. The molecule has 0 atom stereocenters. The topological polar surface area (TPSA) is 66.5 Å². The van der Waals surface area contributed by atoms with Gasteiger partial charge in [-0.25, -0.2) is 8.42 Å². The fourth-order valence-corrected chi connectivity index (χ4v) is 5.69. The number of nitrogens with one attached hydrogen (secondary N) is 1. The summed E-state index contributed by atoms with van der Waals surface area (Å²) in [5.41, 5.74) is 2.06. The molecule has 1 saturated heterocycles. The molecule has 28 heavy (non-hydrogen) atoms. The van der Waals surface area contributed by atoms with Gasteiger partial charge in [-0.15, -0.1) is 0 Å². The summed E-state index contributed by atoms with van der Waals surface area (Å²) in [5.74, 6) is 0.593. The van der Waals surface area contributed by atoms with Gasteiger partial charge in [-0.2, -0.15) is 16.1 Å². The normalized spacial score (nSPS) is 15.4. The molecule has 5 nitrogen and oxygen atoms in total. The molecule has 1 aliphatic rings. The quantitative estimate of drug-likeness (QED) is 0.714. The van der Waals surface area contributed by atoms with Gasteiger partial charge >= 0.3 is 0 Å².